The lowest BCUT2D eigenvalue weighted by molar-refractivity contribution is -0.137. The molecule has 0 bridgehead atoms. The summed E-state index contributed by atoms with van der Waals surface area (Å²) in [7, 11) is -2.98. The van der Waals surface area contributed by atoms with E-state index in [0.717, 1.165) is 39.9 Å². The van der Waals surface area contributed by atoms with Gasteiger partial charge in [-0.15, -0.1) is 0 Å². The van der Waals surface area contributed by atoms with Crippen molar-refractivity contribution in [2.45, 2.75) is 19.1 Å². The Morgan fingerprint density at radius 3 is 2.34 bits per heavy atom. The van der Waals surface area contributed by atoms with Gasteiger partial charge in [-0.2, -0.15) is 21.6 Å². The van der Waals surface area contributed by atoms with E-state index in [2.05, 4.69) is 4.98 Å². The van der Waals surface area contributed by atoms with E-state index in [1.165, 1.54) is 7.11 Å². The first-order valence-corrected chi connectivity index (χ1v) is 11.2. The Kier molecular flexibility index (Phi) is 6.53. The molecule has 2 aromatic carbocycles. The Morgan fingerprint density at radius 2 is 1.84 bits per heavy atom. The Bertz CT molecular complexity index is 1270. The van der Waals surface area contributed by atoms with Crippen LogP contribution >= 0.6 is 11.3 Å². The van der Waals surface area contributed by atoms with E-state index in [1.54, 1.807) is 18.2 Å². The topological polar surface area (TPSA) is 126 Å². The second-order valence-corrected chi connectivity index (χ2v) is 9.24. The molecule has 0 saturated heterocycles. The highest BCUT2D eigenvalue weighted by Crippen LogP contribution is 2.32. The van der Waals surface area contributed by atoms with E-state index in [4.69, 9.17) is 9.88 Å². The molecule has 0 fully saturated rings. The predicted molar refractivity (Wildman–Crippen MR) is 113 cm³/mol. The molecule has 0 aliphatic rings. The molecular formula is C19H18F3N3O5S2. The standard InChI is InChI=1S/C19H18F3N3O5S2/c1-30-15-7-2-11(9-16-17(26)24-18(27)31-16)8-12(15)10-25(32(23,28)29)14-5-3-13(4-6-14)19(20,21)22/h2-8,26H,9-10H2,1H3,(H,24,27)(H2,23,28,29). The third kappa shape index (κ3) is 5.41. The van der Waals surface area contributed by atoms with Crippen LogP contribution in [0.25, 0.3) is 0 Å². The Balaban J connectivity index is 1.97. The lowest BCUT2D eigenvalue weighted by atomic mass is 10.1. The molecule has 0 aliphatic carbocycles. The number of aromatic nitrogens is 1. The van der Waals surface area contributed by atoms with Crippen molar-refractivity contribution in [1.82, 2.24) is 4.98 Å². The second-order valence-electron chi connectivity index (χ2n) is 6.71. The smallest absolute Gasteiger partial charge is 0.416 e. The van der Waals surface area contributed by atoms with Crippen LogP contribution in [0.2, 0.25) is 0 Å². The summed E-state index contributed by atoms with van der Waals surface area (Å²) in [5.41, 5.74) is 0.0180. The van der Waals surface area contributed by atoms with Crippen LogP contribution in [0.15, 0.2) is 47.3 Å². The molecule has 8 nitrogen and oxygen atoms in total. The molecule has 4 N–H and O–H groups in total. The molecule has 0 spiro atoms. The minimum atomic E-state index is -4.57. The first-order valence-electron chi connectivity index (χ1n) is 8.93. The number of nitrogens with zero attached hydrogens (tertiary/aromatic N) is 1. The summed E-state index contributed by atoms with van der Waals surface area (Å²) in [6.07, 6.45) is -4.39. The highest BCUT2D eigenvalue weighted by Gasteiger charge is 2.31. The summed E-state index contributed by atoms with van der Waals surface area (Å²) >= 11 is 0.833. The number of alkyl halides is 3. The van der Waals surface area contributed by atoms with Gasteiger partial charge in [0.1, 0.15) is 5.75 Å². The van der Waals surface area contributed by atoms with Crippen molar-refractivity contribution in [1.29, 1.82) is 0 Å². The number of nitrogens with one attached hydrogen (secondary N) is 1. The van der Waals surface area contributed by atoms with Crippen molar-refractivity contribution < 1.29 is 31.4 Å². The monoisotopic (exact) mass is 489 g/mol. The molecule has 1 heterocycles. The van der Waals surface area contributed by atoms with Crippen molar-refractivity contribution in [3.8, 4) is 11.6 Å². The first kappa shape index (κ1) is 23.6. The number of aromatic hydroxyl groups is 1. The minimum absolute atomic E-state index is 0.0607. The second kappa shape index (κ2) is 8.84. The lowest BCUT2D eigenvalue weighted by Crippen LogP contribution is -2.36. The molecule has 0 saturated carbocycles. The van der Waals surface area contributed by atoms with Gasteiger partial charge < -0.3 is 9.84 Å². The quantitative estimate of drug-likeness (QED) is 0.471. The largest absolute Gasteiger partial charge is 0.496 e. The molecule has 172 valence electrons. The van der Waals surface area contributed by atoms with Gasteiger partial charge in [0.15, 0.2) is 0 Å². The van der Waals surface area contributed by atoms with E-state index in [0.29, 0.717) is 21.8 Å². The first-order chi connectivity index (χ1) is 14.9. The highest BCUT2D eigenvalue weighted by atomic mass is 32.2. The number of nitrogens with two attached hydrogens (primary N) is 1. The molecule has 1 aromatic heterocycles. The molecule has 0 unspecified atom stereocenters. The van der Waals surface area contributed by atoms with Crippen LogP contribution in [0.1, 0.15) is 21.6 Å². The number of hydrogen-bond donors (Lipinski definition) is 3. The number of rotatable bonds is 7. The maximum atomic E-state index is 12.8. The summed E-state index contributed by atoms with van der Waals surface area (Å²) in [6.45, 7) is -0.323. The summed E-state index contributed by atoms with van der Waals surface area (Å²) in [6, 6.07) is 8.40. The third-order valence-electron chi connectivity index (χ3n) is 4.51. The fourth-order valence-electron chi connectivity index (χ4n) is 3.02. The molecule has 0 atom stereocenters. The Hall–Kier alpha value is -3.03. The fraction of sp³-hybridized carbons (Fsp3) is 0.211. The predicted octanol–water partition coefficient (Wildman–Crippen LogP) is 2.97. The minimum Gasteiger partial charge on any atom is -0.496 e. The van der Waals surface area contributed by atoms with Crippen molar-refractivity contribution in [2.24, 2.45) is 5.14 Å². The van der Waals surface area contributed by atoms with Gasteiger partial charge in [0.25, 0.3) is 10.2 Å². The summed E-state index contributed by atoms with van der Waals surface area (Å²) < 4.78 is 69.0. The molecular weight excluding hydrogens is 471 g/mol. The van der Waals surface area contributed by atoms with Gasteiger partial charge in [-0.3, -0.25) is 14.1 Å². The van der Waals surface area contributed by atoms with Crippen LogP contribution < -0.4 is 19.1 Å². The lowest BCUT2D eigenvalue weighted by Gasteiger charge is -2.23. The zero-order valence-corrected chi connectivity index (χ0v) is 18.1. The number of thiazole rings is 1. The number of H-pyrrole nitrogens is 1. The van der Waals surface area contributed by atoms with Gasteiger partial charge in [-0.25, -0.2) is 5.14 Å². The molecule has 3 rings (SSSR count). The van der Waals surface area contributed by atoms with E-state index in [-0.39, 0.29) is 24.5 Å². The molecule has 32 heavy (non-hydrogen) atoms. The van der Waals surface area contributed by atoms with Gasteiger partial charge in [0, 0.05) is 12.0 Å². The van der Waals surface area contributed by atoms with Crippen LogP contribution in [-0.2, 0) is 29.4 Å². The maximum Gasteiger partial charge on any atom is 0.416 e. The molecule has 0 aliphatic heterocycles. The van der Waals surface area contributed by atoms with Crippen molar-refractivity contribution >= 4 is 27.2 Å². The number of methoxy groups -OCH3 is 1. The normalized spacial score (nSPS) is 12.0. The van der Waals surface area contributed by atoms with Gasteiger partial charge in [-0.05, 0) is 42.0 Å². The van der Waals surface area contributed by atoms with E-state index < -0.39 is 26.8 Å². The number of hydrogen-bond acceptors (Lipinski definition) is 6. The number of benzene rings is 2. The fourth-order valence-corrected chi connectivity index (χ4v) is 4.51. The number of anilines is 1. The van der Waals surface area contributed by atoms with Crippen molar-refractivity contribution in [3.63, 3.8) is 0 Å². The third-order valence-corrected chi connectivity index (χ3v) is 6.34. The summed E-state index contributed by atoms with van der Waals surface area (Å²) in [5.74, 6) is 0.0640. The number of ether oxygens (including phenoxy) is 1. The average Bonchev–Trinajstić information content (AvgIpc) is 3.01. The van der Waals surface area contributed by atoms with Gasteiger partial charge in [0.05, 0.1) is 29.8 Å². The van der Waals surface area contributed by atoms with Crippen LogP contribution in [0.5, 0.6) is 11.6 Å². The molecule has 0 amide bonds. The van der Waals surface area contributed by atoms with Gasteiger partial charge >= 0.3 is 11.0 Å². The maximum absolute atomic E-state index is 12.8. The summed E-state index contributed by atoms with van der Waals surface area (Å²) in [4.78, 5) is 13.6. The van der Waals surface area contributed by atoms with Crippen LogP contribution in [0.4, 0.5) is 18.9 Å². The van der Waals surface area contributed by atoms with E-state index >= 15 is 0 Å². The average molecular weight is 489 g/mol. The van der Waals surface area contributed by atoms with Crippen LogP contribution in [0, 0.1) is 0 Å². The number of aromatic amines is 1. The van der Waals surface area contributed by atoms with Crippen molar-refractivity contribution in [2.75, 3.05) is 11.4 Å². The van der Waals surface area contributed by atoms with E-state index in [1.807, 2.05) is 0 Å². The molecule has 13 heteroatoms. The zero-order chi connectivity index (χ0) is 23.7. The zero-order valence-electron chi connectivity index (χ0n) is 16.5. The highest BCUT2D eigenvalue weighted by molar-refractivity contribution is 7.90. The van der Waals surface area contributed by atoms with Gasteiger partial charge in [-0.1, -0.05) is 17.4 Å². The molecule has 0 radical (unpaired) electrons. The van der Waals surface area contributed by atoms with Crippen LogP contribution in [0.3, 0.4) is 0 Å². The molecule has 3 aromatic rings. The van der Waals surface area contributed by atoms with E-state index in [9.17, 15) is 31.5 Å². The van der Waals surface area contributed by atoms with Crippen LogP contribution in [-0.4, -0.2) is 25.6 Å². The SMILES string of the molecule is COc1ccc(Cc2sc(=O)[nH]c2O)cc1CN(c1ccc(C(F)(F)F)cc1)S(N)(=O)=O. The van der Waals surface area contributed by atoms with Gasteiger partial charge in [0.2, 0.25) is 5.88 Å². The van der Waals surface area contributed by atoms with Crippen molar-refractivity contribution in [3.05, 3.63) is 73.7 Å². The number of halogens is 3. The Labute approximate surface area is 184 Å². The Morgan fingerprint density at radius 1 is 1.19 bits per heavy atom. The summed E-state index contributed by atoms with van der Waals surface area (Å²) in [5, 5.41) is 15.1.